The van der Waals surface area contributed by atoms with E-state index in [0.717, 1.165) is 38.4 Å². The van der Waals surface area contributed by atoms with Crippen LogP contribution in [-0.2, 0) is 26.5 Å². The van der Waals surface area contributed by atoms with Gasteiger partial charge in [-0.15, -0.1) is 59.2 Å². The van der Waals surface area contributed by atoms with Crippen LogP contribution >= 0.6 is 0 Å². The molecular weight excluding hydrogens is 793 g/mol. The van der Waals surface area contributed by atoms with Gasteiger partial charge >= 0.3 is 0 Å². The number of nitrogens with zero attached hydrogens (tertiary/aromatic N) is 2. The molecule has 5 heteroatoms. The Bertz CT molecular complexity index is 2620. The minimum atomic E-state index is -2.52. The van der Waals surface area contributed by atoms with E-state index in [1.807, 2.05) is 48.7 Å². The fraction of sp³-hybridized carbons (Fsp3) is 0.136. The molecule has 0 aliphatic rings. The zero-order chi connectivity index (χ0) is 40.0. The fourth-order valence-electron chi connectivity index (χ4n) is 5.56. The zero-order valence-corrected chi connectivity index (χ0v) is 30.7. The number of aromatic nitrogens is 2. The molecule has 3 aromatic heterocycles. The number of rotatable bonds is 5. The molecular formula is C44H38IrN2OSi-2. The number of benzene rings is 5. The van der Waals surface area contributed by atoms with Crippen LogP contribution in [0.5, 0.6) is 0 Å². The normalized spacial score (nSPS) is 14.5. The van der Waals surface area contributed by atoms with Gasteiger partial charge in [-0.05, 0) is 51.9 Å². The Balaban J connectivity index is 0.000000223. The molecule has 49 heavy (non-hydrogen) atoms. The summed E-state index contributed by atoms with van der Waals surface area (Å²) in [6.45, 7) is 2.24. The van der Waals surface area contributed by atoms with E-state index in [9.17, 15) is 0 Å². The van der Waals surface area contributed by atoms with Crippen LogP contribution in [0.25, 0.3) is 55.2 Å². The van der Waals surface area contributed by atoms with Gasteiger partial charge in [0.15, 0.2) is 0 Å². The van der Waals surface area contributed by atoms with E-state index in [1.165, 1.54) is 23.5 Å². The van der Waals surface area contributed by atoms with Crippen LogP contribution in [0.3, 0.4) is 0 Å². The van der Waals surface area contributed by atoms with Gasteiger partial charge in [-0.25, -0.2) is 0 Å². The zero-order valence-electron chi connectivity index (χ0n) is 35.3. The van der Waals surface area contributed by atoms with Gasteiger partial charge in [-0.1, -0.05) is 117 Å². The molecule has 0 unspecified atom stereocenters. The average Bonchev–Trinajstić information content (AvgIpc) is 3.56. The van der Waals surface area contributed by atoms with Crippen LogP contribution in [0, 0.1) is 25.8 Å². The number of hydrogen-bond donors (Lipinski definition) is 0. The molecule has 0 aliphatic heterocycles. The SMILES string of the molecule is [2H]C([2H])([2H])c1c[c-]c(-c2ccc([Si](C)(C)C)cn2)cc1.[2H]C([2H])([2H])c1cnc(-c2[c-]cc3oc4c5ccccc5ccc4c3c2)cc1C([2H])([2H])c1ccccc1.[Ir]. The van der Waals surface area contributed by atoms with Crippen molar-refractivity contribution in [2.45, 2.75) is 39.7 Å². The molecule has 5 aromatic carbocycles. The van der Waals surface area contributed by atoms with Gasteiger partial charge in [-0.3, -0.25) is 0 Å². The van der Waals surface area contributed by atoms with E-state index in [-0.39, 0.29) is 31.2 Å². The molecule has 0 saturated heterocycles. The molecule has 0 atom stereocenters. The molecule has 0 amide bonds. The maximum absolute atomic E-state index is 8.84. The Morgan fingerprint density at radius 2 is 1.51 bits per heavy atom. The van der Waals surface area contributed by atoms with E-state index >= 15 is 0 Å². The first-order valence-electron chi connectivity index (χ1n) is 19.7. The van der Waals surface area contributed by atoms with Gasteiger partial charge in [-0.2, -0.15) is 0 Å². The van der Waals surface area contributed by atoms with Crippen molar-refractivity contribution in [3.8, 4) is 22.5 Å². The predicted molar refractivity (Wildman–Crippen MR) is 204 cm³/mol. The molecule has 0 N–H and O–H groups in total. The second-order valence-electron chi connectivity index (χ2n) is 12.7. The first-order chi connectivity index (χ1) is 26.4. The van der Waals surface area contributed by atoms with Crippen molar-refractivity contribution in [1.29, 1.82) is 0 Å². The van der Waals surface area contributed by atoms with E-state index in [0.29, 0.717) is 28.0 Å². The van der Waals surface area contributed by atoms with Crippen molar-refractivity contribution >= 4 is 46.0 Å². The molecule has 245 valence electrons. The molecule has 3 nitrogen and oxygen atoms in total. The van der Waals surface area contributed by atoms with Crippen LogP contribution in [0.15, 0.2) is 132 Å². The predicted octanol–water partition coefficient (Wildman–Crippen LogP) is 10.9. The summed E-state index contributed by atoms with van der Waals surface area (Å²) in [6.07, 6.45) is 1.15. The second-order valence-corrected chi connectivity index (χ2v) is 17.7. The Morgan fingerprint density at radius 1 is 0.714 bits per heavy atom. The van der Waals surface area contributed by atoms with Crippen molar-refractivity contribution in [3.05, 3.63) is 162 Å². The van der Waals surface area contributed by atoms with E-state index in [4.69, 9.17) is 15.4 Å². The topological polar surface area (TPSA) is 38.9 Å². The third-order valence-corrected chi connectivity index (χ3v) is 10.3. The first kappa shape index (κ1) is 25.3. The Morgan fingerprint density at radius 3 is 2.24 bits per heavy atom. The van der Waals surface area contributed by atoms with Gasteiger partial charge in [0.1, 0.15) is 5.58 Å². The number of pyridine rings is 2. The summed E-state index contributed by atoms with van der Waals surface area (Å²) in [4.78, 5) is 8.89. The molecule has 3 heterocycles. The molecule has 0 aliphatic carbocycles. The number of furan rings is 1. The number of hydrogen-bond acceptors (Lipinski definition) is 3. The van der Waals surface area contributed by atoms with Crippen LogP contribution in [0.1, 0.15) is 33.2 Å². The molecule has 0 fully saturated rings. The maximum atomic E-state index is 8.84. The Labute approximate surface area is 314 Å². The summed E-state index contributed by atoms with van der Waals surface area (Å²) in [5.41, 5.74) is 4.82. The Kier molecular flexibility index (Phi) is 7.46. The van der Waals surface area contributed by atoms with E-state index < -0.39 is 28.2 Å². The number of fused-ring (bicyclic) bond motifs is 5. The molecule has 1 radical (unpaired) electrons. The van der Waals surface area contributed by atoms with Gasteiger partial charge in [0, 0.05) is 54.2 Å². The van der Waals surface area contributed by atoms with Crippen LogP contribution < -0.4 is 5.19 Å². The van der Waals surface area contributed by atoms with E-state index in [1.54, 1.807) is 48.5 Å². The van der Waals surface area contributed by atoms with Crippen molar-refractivity contribution in [3.63, 3.8) is 0 Å². The van der Waals surface area contributed by atoms with Crippen molar-refractivity contribution < 1.29 is 35.5 Å². The molecule has 8 rings (SSSR count). The minimum absolute atomic E-state index is 0. The quantitative estimate of drug-likeness (QED) is 0.128. The van der Waals surface area contributed by atoms with Crippen molar-refractivity contribution in [2.75, 3.05) is 0 Å². The largest absolute Gasteiger partial charge is 0.500 e. The van der Waals surface area contributed by atoms with Crippen LogP contribution in [0.4, 0.5) is 0 Å². The summed E-state index contributed by atoms with van der Waals surface area (Å²) in [5.74, 6) is 0. The summed E-state index contributed by atoms with van der Waals surface area (Å²) >= 11 is 0. The van der Waals surface area contributed by atoms with Gasteiger partial charge in [0.05, 0.1) is 13.7 Å². The molecule has 0 saturated carbocycles. The van der Waals surface area contributed by atoms with Crippen molar-refractivity contribution in [1.82, 2.24) is 9.97 Å². The maximum Gasteiger partial charge on any atom is 0.128 e. The average molecular weight is 839 g/mol. The van der Waals surface area contributed by atoms with Gasteiger partial charge < -0.3 is 14.4 Å². The first-order valence-corrected chi connectivity index (χ1v) is 19.2. The summed E-state index contributed by atoms with van der Waals surface area (Å²) in [6, 6.07) is 41.1. The molecule has 0 spiro atoms. The van der Waals surface area contributed by atoms with Gasteiger partial charge in [0.2, 0.25) is 0 Å². The fourth-order valence-corrected chi connectivity index (χ4v) is 6.60. The van der Waals surface area contributed by atoms with E-state index in [2.05, 4.69) is 53.9 Å². The van der Waals surface area contributed by atoms with Crippen LogP contribution in [0.2, 0.25) is 19.6 Å². The summed E-state index contributed by atoms with van der Waals surface area (Å²) in [5, 5.41) is 5.26. The third-order valence-electron chi connectivity index (χ3n) is 8.25. The minimum Gasteiger partial charge on any atom is -0.500 e. The van der Waals surface area contributed by atoms with Crippen molar-refractivity contribution in [2.24, 2.45) is 0 Å². The third kappa shape index (κ3) is 7.50. The van der Waals surface area contributed by atoms with Gasteiger partial charge in [0.25, 0.3) is 0 Å². The van der Waals surface area contributed by atoms with Crippen LogP contribution in [-0.4, -0.2) is 18.0 Å². The second kappa shape index (κ2) is 14.4. The Hall–Kier alpha value is -4.67. The summed E-state index contributed by atoms with van der Waals surface area (Å²) < 4.78 is 69.8. The standard InChI is InChI=1S/C29H20NO.C15H18NSi.Ir/c1-19-18-30-27(17-23(19)15-20-7-3-2-4-8-20)22-12-14-28-26(16-22)25-13-11-21-9-5-6-10-24(21)29(25)31-28;1-12-5-7-13(8-6-12)15-10-9-14(11-16-15)17(2,3)4;/h2-11,13-14,16-18H,15H2,1H3;5-7,9-11H,1-4H3;/q2*-1;/i1D3,15D2;1D3;. The number of aryl methyl sites for hydroxylation is 2. The molecule has 8 aromatic rings. The monoisotopic (exact) mass is 839 g/mol. The molecule has 0 bridgehead atoms. The smallest absolute Gasteiger partial charge is 0.128 e. The summed E-state index contributed by atoms with van der Waals surface area (Å²) in [7, 11) is -1.34.